The second-order valence-corrected chi connectivity index (χ2v) is 4.31. The smallest absolute Gasteiger partial charge is 0.226 e. The fraction of sp³-hybridized carbons (Fsp3) is 0.286. The molecule has 0 aliphatic rings. The third kappa shape index (κ3) is 2.97. The van der Waals surface area contributed by atoms with Gasteiger partial charge in [0.05, 0.1) is 0 Å². The van der Waals surface area contributed by atoms with Crippen LogP contribution < -0.4 is 5.32 Å². The van der Waals surface area contributed by atoms with Gasteiger partial charge in [-0.2, -0.15) is 5.10 Å². The number of aryl methyl sites for hydroxylation is 2. The number of benzene rings is 1. The lowest BCUT2D eigenvalue weighted by Gasteiger charge is -2.10. The predicted octanol–water partition coefficient (Wildman–Crippen LogP) is 2.53. The number of hydrogen-bond donors (Lipinski definition) is 1. The molecule has 1 amide bonds. The SMILES string of the molecule is Cc1cccc(NC(=O)CCn2cccn2)c1C. The molecule has 0 unspecified atom stereocenters. The highest BCUT2D eigenvalue weighted by Gasteiger charge is 2.06. The molecule has 0 aliphatic carbocycles. The fourth-order valence-electron chi connectivity index (χ4n) is 1.75. The van der Waals surface area contributed by atoms with Crippen molar-refractivity contribution in [3.63, 3.8) is 0 Å². The first-order valence-corrected chi connectivity index (χ1v) is 6.00. The number of aromatic nitrogens is 2. The predicted molar refractivity (Wildman–Crippen MR) is 71.4 cm³/mol. The van der Waals surface area contributed by atoms with Crippen LogP contribution in [0.1, 0.15) is 17.5 Å². The van der Waals surface area contributed by atoms with Crippen molar-refractivity contribution in [1.29, 1.82) is 0 Å². The molecular formula is C14H17N3O. The average molecular weight is 243 g/mol. The number of nitrogens with one attached hydrogen (secondary N) is 1. The zero-order chi connectivity index (χ0) is 13.0. The Kier molecular flexibility index (Phi) is 3.77. The lowest BCUT2D eigenvalue weighted by atomic mass is 10.1. The quantitative estimate of drug-likeness (QED) is 0.897. The Hall–Kier alpha value is -2.10. The molecule has 2 rings (SSSR count). The van der Waals surface area contributed by atoms with E-state index in [1.54, 1.807) is 10.9 Å². The summed E-state index contributed by atoms with van der Waals surface area (Å²) >= 11 is 0. The van der Waals surface area contributed by atoms with Crippen LogP contribution in [0.25, 0.3) is 0 Å². The molecule has 0 aliphatic heterocycles. The summed E-state index contributed by atoms with van der Waals surface area (Å²) in [5, 5.41) is 7.00. The summed E-state index contributed by atoms with van der Waals surface area (Å²) in [6, 6.07) is 7.76. The molecule has 18 heavy (non-hydrogen) atoms. The van der Waals surface area contributed by atoms with Crippen molar-refractivity contribution in [3.8, 4) is 0 Å². The van der Waals surface area contributed by atoms with E-state index in [-0.39, 0.29) is 5.91 Å². The normalized spacial score (nSPS) is 10.3. The van der Waals surface area contributed by atoms with Gasteiger partial charge in [-0.3, -0.25) is 9.48 Å². The van der Waals surface area contributed by atoms with E-state index in [1.165, 1.54) is 5.56 Å². The van der Waals surface area contributed by atoms with Gasteiger partial charge in [-0.05, 0) is 37.1 Å². The van der Waals surface area contributed by atoms with Crippen molar-refractivity contribution in [3.05, 3.63) is 47.8 Å². The second kappa shape index (κ2) is 5.49. The minimum atomic E-state index is 0.0131. The molecule has 4 heteroatoms. The Morgan fingerprint density at radius 3 is 2.89 bits per heavy atom. The minimum Gasteiger partial charge on any atom is -0.326 e. The zero-order valence-electron chi connectivity index (χ0n) is 10.7. The molecule has 0 atom stereocenters. The molecule has 0 saturated carbocycles. The highest BCUT2D eigenvalue weighted by molar-refractivity contribution is 5.91. The number of carbonyl (C=O) groups is 1. The Labute approximate surface area is 107 Å². The summed E-state index contributed by atoms with van der Waals surface area (Å²) in [4.78, 5) is 11.8. The maximum absolute atomic E-state index is 11.8. The lowest BCUT2D eigenvalue weighted by Crippen LogP contribution is -2.15. The third-order valence-corrected chi connectivity index (χ3v) is 3.01. The van der Waals surface area contributed by atoms with Gasteiger partial charge < -0.3 is 5.32 Å². The van der Waals surface area contributed by atoms with E-state index in [0.29, 0.717) is 13.0 Å². The van der Waals surface area contributed by atoms with Gasteiger partial charge in [0.1, 0.15) is 0 Å². The molecule has 0 bridgehead atoms. The van der Waals surface area contributed by atoms with Crippen molar-refractivity contribution < 1.29 is 4.79 Å². The first-order chi connectivity index (χ1) is 8.66. The molecule has 2 aromatic rings. The molecular weight excluding hydrogens is 226 g/mol. The van der Waals surface area contributed by atoms with Gasteiger partial charge in [-0.25, -0.2) is 0 Å². The van der Waals surface area contributed by atoms with Gasteiger partial charge in [0, 0.05) is 31.0 Å². The summed E-state index contributed by atoms with van der Waals surface area (Å²) in [7, 11) is 0. The molecule has 1 aromatic heterocycles. The van der Waals surface area contributed by atoms with Gasteiger partial charge in [0.15, 0.2) is 0 Å². The number of hydrogen-bond acceptors (Lipinski definition) is 2. The third-order valence-electron chi connectivity index (χ3n) is 3.01. The van der Waals surface area contributed by atoms with E-state index in [1.807, 2.05) is 44.3 Å². The van der Waals surface area contributed by atoms with E-state index in [9.17, 15) is 4.79 Å². The van der Waals surface area contributed by atoms with E-state index in [0.717, 1.165) is 11.3 Å². The van der Waals surface area contributed by atoms with Gasteiger partial charge in [-0.15, -0.1) is 0 Å². The molecule has 0 fully saturated rings. The van der Waals surface area contributed by atoms with Crippen molar-refractivity contribution in [2.45, 2.75) is 26.8 Å². The van der Waals surface area contributed by atoms with E-state index in [4.69, 9.17) is 0 Å². The largest absolute Gasteiger partial charge is 0.326 e. The van der Waals surface area contributed by atoms with Crippen molar-refractivity contribution in [1.82, 2.24) is 9.78 Å². The standard InChI is InChI=1S/C14H17N3O/c1-11-5-3-6-13(12(11)2)16-14(18)7-10-17-9-4-8-15-17/h3-6,8-9H,7,10H2,1-2H3,(H,16,18). The summed E-state index contributed by atoms with van der Waals surface area (Å²) in [6.45, 7) is 4.65. The molecule has 0 spiro atoms. The van der Waals surface area contributed by atoms with Crippen LogP contribution in [0.3, 0.4) is 0 Å². The summed E-state index contributed by atoms with van der Waals surface area (Å²) in [5.74, 6) is 0.0131. The number of carbonyl (C=O) groups excluding carboxylic acids is 1. The van der Waals surface area contributed by atoms with Gasteiger partial charge in [0.25, 0.3) is 0 Å². The Bertz CT molecular complexity index is 532. The van der Waals surface area contributed by atoms with Gasteiger partial charge in [-0.1, -0.05) is 12.1 Å². The highest BCUT2D eigenvalue weighted by Crippen LogP contribution is 2.18. The molecule has 1 aromatic carbocycles. The highest BCUT2D eigenvalue weighted by atomic mass is 16.1. The minimum absolute atomic E-state index is 0.0131. The number of anilines is 1. The summed E-state index contributed by atoms with van der Waals surface area (Å²) < 4.78 is 1.75. The lowest BCUT2D eigenvalue weighted by molar-refractivity contribution is -0.116. The molecule has 4 nitrogen and oxygen atoms in total. The van der Waals surface area contributed by atoms with Crippen molar-refractivity contribution in [2.24, 2.45) is 0 Å². The van der Waals surface area contributed by atoms with Crippen LogP contribution in [-0.2, 0) is 11.3 Å². The van der Waals surface area contributed by atoms with E-state index >= 15 is 0 Å². The first kappa shape index (κ1) is 12.4. The Balaban J connectivity index is 1.93. The van der Waals surface area contributed by atoms with Crippen LogP contribution in [0, 0.1) is 13.8 Å². The summed E-state index contributed by atoms with van der Waals surface area (Å²) in [5.41, 5.74) is 3.19. The monoisotopic (exact) mass is 243 g/mol. The summed E-state index contributed by atoms with van der Waals surface area (Å²) in [6.07, 6.45) is 3.99. The molecule has 1 N–H and O–H groups in total. The van der Waals surface area contributed by atoms with Crippen LogP contribution in [-0.4, -0.2) is 15.7 Å². The topological polar surface area (TPSA) is 46.9 Å². The first-order valence-electron chi connectivity index (χ1n) is 6.00. The van der Waals surface area contributed by atoms with Crippen LogP contribution in [0.15, 0.2) is 36.7 Å². The average Bonchev–Trinajstić information content (AvgIpc) is 2.86. The maximum atomic E-state index is 11.8. The van der Waals surface area contributed by atoms with Gasteiger partial charge >= 0.3 is 0 Å². The number of nitrogens with zero attached hydrogens (tertiary/aromatic N) is 2. The maximum Gasteiger partial charge on any atom is 0.226 e. The molecule has 0 radical (unpaired) electrons. The fourth-order valence-corrected chi connectivity index (χ4v) is 1.75. The van der Waals surface area contributed by atoms with E-state index in [2.05, 4.69) is 10.4 Å². The van der Waals surface area contributed by atoms with Crippen molar-refractivity contribution in [2.75, 3.05) is 5.32 Å². The van der Waals surface area contributed by atoms with Crippen LogP contribution >= 0.6 is 0 Å². The Morgan fingerprint density at radius 2 is 2.17 bits per heavy atom. The number of rotatable bonds is 4. The van der Waals surface area contributed by atoms with Crippen LogP contribution in [0.4, 0.5) is 5.69 Å². The molecule has 0 saturated heterocycles. The van der Waals surface area contributed by atoms with Crippen LogP contribution in [0.2, 0.25) is 0 Å². The zero-order valence-corrected chi connectivity index (χ0v) is 10.7. The number of amides is 1. The van der Waals surface area contributed by atoms with E-state index < -0.39 is 0 Å². The second-order valence-electron chi connectivity index (χ2n) is 4.31. The molecule has 94 valence electrons. The van der Waals surface area contributed by atoms with Crippen LogP contribution in [0.5, 0.6) is 0 Å². The Morgan fingerprint density at radius 1 is 1.33 bits per heavy atom. The van der Waals surface area contributed by atoms with Gasteiger partial charge in [0.2, 0.25) is 5.91 Å². The molecule has 1 heterocycles. The van der Waals surface area contributed by atoms with Crippen molar-refractivity contribution >= 4 is 11.6 Å².